The van der Waals surface area contributed by atoms with E-state index in [1.54, 1.807) is 7.11 Å². The number of methoxy groups -OCH3 is 1. The Bertz CT molecular complexity index is 1440. The van der Waals surface area contributed by atoms with Crippen molar-refractivity contribution < 1.29 is 80.7 Å². The van der Waals surface area contributed by atoms with Gasteiger partial charge in [-0.1, -0.05) is 77.2 Å². The van der Waals surface area contributed by atoms with Crippen LogP contribution in [0.15, 0.2) is 42.0 Å². The number of quaternary nitrogens is 2. The monoisotopic (exact) mass is 1030 g/mol. The lowest BCUT2D eigenvalue weighted by Crippen LogP contribution is -3.00. The third kappa shape index (κ3) is 18.6. The van der Waals surface area contributed by atoms with Crippen molar-refractivity contribution in [1.82, 2.24) is 0 Å². The number of benzene rings is 2. The first-order valence-corrected chi connectivity index (χ1v) is 22.6. The first-order valence-electron chi connectivity index (χ1n) is 22.6. The molecule has 0 fully saturated rings. The number of hydrogen-bond donors (Lipinski definition) is 0. The molecule has 7 nitrogen and oxygen atoms in total. The third-order valence-corrected chi connectivity index (χ3v) is 11.8. The van der Waals surface area contributed by atoms with Crippen molar-refractivity contribution in [1.29, 1.82) is 0 Å². The Hall–Kier alpha value is -1.57. The molecule has 332 valence electrons. The first kappa shape index (κ1) is 54.4. The Kier molecular flexibility index (Phi) is 27.8. The Morgan fingerprint density at radius 2 is 1.17 bits per heavy atom. The maximum absolute atomic E-state index is 13.8. The molecule has 0 amide bonds. The maximum Gasteiger partial charge on any atom is 0.174 e. The van der Waals surface area contributed by atoms with Crippen LogP contribution in [-0.2, 0) is 6.42 Å². The summed E-state index contributed by atoms with van der Waals surface area (Å²) < 4.78 is 27.6. The number of allylic oxidation sites excluding steroid dienone is 2. The highest BCUT2D eigenvalue weighted by molar-refractivity contribution is 6.03. The van der Waals surface area contributed by atoms with Crippen LogP contribution in [0.3, 0.4) is 0 Å². The number of nitrogens with zero attached hydrogens (tertiary/aromatic N) is 2. The Labute approximate surface area is 389 Å². The van der Waals surface area contributed by atoms with E-state index in [1.807, 2.05) is 30.3 Å². The van der Waals surface area contributed by atoms with Crippen molar-refractivity contribution in [2.45, 2.75) is 150 Å². The van der Waals surface area contributed by atoms with Crippen molar-refractivity contribution in [3.63, 3.8) is 0 Å². The van der Waals surface area contributed by atoms with Crippen LogP contribution in [-0.4, -0.2) is 88.4 Å². The van der Waals surface area contributed by atoms with E-state index in [-0.39, 0.29) is 60.2 Å². The van der Waals surface area contributed by atoms with E-state index in [0.29, 0.717) is 36.7 Å². The van der Waals surface area contributed by atoms with Gasteiger partial charge in [0.1, 0.15) is 34.7 Å². The highest BCUT2D eigenvalue weighted by Crippen LogP contribution is 2.46. The molecule has 1 aliphatic rings. The van der Waals surface area contributed by atoms with Crippen LogP contribution in [0.2, 0.25) is 0 Å². The quantitative estimate of drug-likeness (QED) is 0.0410. The minimum atomic E-state index is -0.393. The van der Waals surface area contributed by atoms with Gasteiger partial charge in [-0.2, -0.15) is 0 Å². The number of fused-ring (bicyclic) bond motifs is 1. The van der Waals surface area contributed by atoms with E-state index < -0.39 is 6.10 Å². The number of carbonyl (C=O) groups is 1. The van der Waals surface area contributed by atoms with Crippen LogP contribution < -0.4 is 66.9 Å². The zero-order valence-corrected chi connectivity index (χ0v) is 42.5. The fraction of sp³-hybridized carbons (Fsp3) is 0.694. The summed E-state index contributed by atoms with van der Waals surface area (Å²) in [6.07, 6.45) is 19.7. The van der Waals surface area contributed by atoms with Gasteiger partial charge in [-0.15, -0.1) is 0 Å². The van der Waals surface area contributed by atoms with E-state index in [9.17, 15) is 4.79 Å². The van der Waals surface area contributed by atoms with Crippen molar-refractivity contribution in [2.24, 2.45) is 0 Å². The fourth-order valence-corrected chi connectivity index (χ4v) is 8.00. The minimum Gasteiger partial charge on any atom is -1.00 e. The molecule has 2 aromatic rings. The van der Waals surface area contributed by atoms with Gasteiger partial charge < -0.3 is 75.9 Å². The van der Waals surface area contributed by atoms with Crippen LogP contribution in [0.1, 0.15) is 165 Å². The summed E-state index contributed by atoms with van der Waals surface area (Å²) in [5, 5.41) is 0. The van der Waals surface area contributed by atoms with Crippen molar-refractivity contribution in [3.05, 3.63) is 58.7 Å². The highest BCUT2D eigenvalue weighted by Gasteiger charge is 2.34. The van der Waals surface area contributed by atoms with Gasteiger partial charge in [-0.3, -0.25) is 4.79 Å². The third-order valence-electron chi connectivity index (χ3n) is 11.8. The van der Waals surface area contributed by atoms with Gasteiger partial charge >= 0.3 is 0 Å². The number of halogens is 2. The lowest BCUT2D eigenvalue weighted by atomic mass is 9.92. The second kappa shape index (κ2) is 29.6. The van der Waals surface area contributed by atoms with Gasteiger partial charge in [-0.25, -0.2) is 0 Å². The molecule has 1 aliphatic heterocycles. The summed E-state index contributed by atoms with van der Waals surface area (Å²) in [6, 6.07) is 10.0. The summed E-state index contributed by atoms with van der Waals surface area (Å²) in [5.74, 6) is 2.75. The van der Waals surface area contributed by atoms with Gasteiger partial charge in [0.2, 0.25) is 0 Å². The van der Waals surface area contributed by atoms with E-state index in [0.717, 1.165) is 41.9 Å². The molecular formula is C49H82I2N2O5. The average molecular weight is 1030 g/mol. The van der Waals surface area contributed by atoms with Crippen molar-refractivity contribution in [3.8, 4) is 23.0 Å². The van der Waals surface area contributed by atoms with Gasteiger partial charge in [0.05, 0.1) is 80.1 Å². The van der Waals surface area contributed by atoms with Crippen LogP contribution in [0, 0.1) is 0 Å². The molecule has 0 aromatic heterocycles. The predicted octanol–water partition coefficient (Wildman–Crippen LogP) is 6.11. The molecule has 0 saturated heterocycles. The molecule has 0 radical (unpaired) electrons. The average Bonchev–Trinajstić information content (AvgIpc) is 3.19. The van der Waals surface area contributed by atoms with Gasteiger partial charge in [0.15, 0.2) is 5.78 Å². The lowest BCUT2D eigenvalue weighted by Gasteiger charge is -2.35. The Balaban J connectivity index is 0.00000841. The summed E-state index contributed by atoms with van der Waals surface area (Å²) in [4.78, 5) is 13.8. The Morgan fingerprint density at radius 1 is 0.690 bits per heavy atom. The molecule has 1 atom stereocenters. The topological polar surface area (TPSA) is 54.0 Å². The molecule has 2 aromatic carbocycles. The van der Waals surface area contributed by atoms with Gasteiger partial charge in [0, 0.05) is 11.6 Å². The molecule has 3 rings (SSSR count). The predicted molar refractivity (Wildman–Crippen MR) is 235 cm³/mol. The molecule has 0 bridgehead atoms. The standard InChI is InChI=1S/C49H82N2O5.2HI/c1-10-14-30-50(7,31-15-11-2)34-20-18-22-36-54-42-27-25-41(26-28-42)45-38-44(52)48-47(53-9)39-46(43(49(48)56-45)29-24-40(5)6)55-37-23-19-21-35-51(8,32-16-12-3)33-17-13-4;;/h24-28,39,45H,10-23,29-38H2,1-9H3;2*1H/q+2;;/p-2. The molecule has 1 unspecified atom stereocenters. The summed E-state index contributed by atoms with van der Waals surface area (Å²) in [7, 11) is 6.51. The van der Waals surface area contributed by atoms with Crippen LogP contribution in [0.25, 0.3) is 0 Å². The normalized spacial score (nSPS) is 13.8. The SMILES string of the molecule is CCCC[N+](C)(CCCC)CCCCCOc1ccc(C2CC(=O)c3c(OC)cc(OCCCCC[N+](C)(CCCC)CCCC)c(CC=C(C)C)c3O2)cc1.[I-].[I-]. The summed E-state index contributed by atoms with van der Waals surface area (Å²) in [5.41, 5.74) is 3.62. The number of Topliss-reactive ketones (excluding diaryl/α,β-unsaturated/α-hetero) is 1. The zero-order valence-electron chi connectivity index (χ0n) is 38.2. The largest absolute Gasteiger partial charge is 1.00 e. The Morgan fingerprint density at radius 3 is 1.64 bits per heavy atom. The number of hydrogen-bond acceptors (Lipinski definition) is 5. The molecule has 0 aliphatic carbocycles. The molecule has 9 heteroatoms. The smallest absolute Gasteiger partial charge is 0.174 e. The van der Waals surface area contributed by atoms with Crippen LogP contribution >= 0.6 is 0 Å². The molecular weight excluding hydrogens is 950 g/mol. The molecule has 58 heavy (non-hydrogen) atoms. The molecule has 0 saturated carbocycles. The number of rotatable bonds is 30. The fourth-order valence-electron chi connectivity index (χ4n) is 8.00. The number of ether oxygens (including phenoxy) is 4. The maximum atomic E-state index is 13.8. The number of carbonyl (C=O) groups excluding carboxylic acids is 1. The molecule has 0 spiro atoms. The van der Waals surface area contributed by atoms with Crippen LogP contribution in [0.4, 0.5) is 0 Å². The van der Waals surface area contributed by atoms with Crippen LogP contribution in [0.5, 0.6) is 23.0 Å². The number of unbranched alkanes of at least 4 members (excludes halogenated alkanes) is 8. The lowest BCUT2D eigenvalue weighted by molar-refractivity contribution is -0.910. The summed E-state index contributed by atoms with van der Waals surface area (Å²) >= 11 is 0. The van der Waals surface area contributed by atoms with E-state index in [4.69, 9.17) is 18.9 Å². The molecule has 0 N–H and O–H groups in total. The van der Waals surface area contributed by atoms with Gasteiger partial charge in [-0.05, 0) is 102 Å². The van der Waals surface area contributed by atoms with E-state index in [2.05, 4.69) is 61.7 Å². The second-order valence-corrected chi connectivity index (χ2v) is 17.4. The summed E-state index contributed by atoms with van der Waals surface area (Å²) in [6.45, 7) is 22.3. The second-order valence-electron chi connectivity index (χ2n) is 17.4. The van der Waals surface area contributed by atoms with E-state index >= 15 is 0 Å². The molecule has 1 heterocycles. The zero-order chi connectivity index (χ0) is 40.8. The minimum absolute atomic E-state index is 0. The first-order chi connectivity index (χ1) is 27.0. The van der Waals surface area contributed by atoms with E-state index in [1.165, 1.54) is 124 Å². The highest BCUT2D eigenvalue weighted by atomic mass is 127. The number of ketones is 1. The van der Waals surface area contributed by atoms with Gasteiger partial charge in [0.25, 0.3) is 0 Å². The van der Waals surface area contributed by atoms with Crippen molar-refractivity contribution in [2.75, 3.05) is 73.7 Å². The van der Waals surface area contributed by atoms with Crippen molar-refractivity contribution >= 4 is 5.78 Å².